The van der Waals surface area contributed by atoms with Crippen molar-refractivity contribution in [3.63, 3.8) is 0 Å². The van der Waals surface area contributed by atoms with E-state index >= 15 is 0 Å². The van der Waals surface area contributed by atoms with Gasteiger partial charge in [0.05, 0.1) is 12.2 Å². The summed E-state index contributed by atoms with van der Waals surface area (Å²) in [4.78, 5) is 32.7. The molecule has 5 nitrogen and oxygen atoms in total. The van der Waals surface area contributed by atoms with Gasteiger partial charge in [-0.1, -0.05) is 13.8 Å². The van der Waals surface area contributed by atoms with Crippen molar-refractivity contribution in [1.29, 1.82) is 0 Å². The fourth-order valence-electron chi connectivity index (χ4n) is 4.29. The van der Waals surface area contributed by atoms with Crippen molar-refractivity contribution in [1.82, 2.24) is 14.8 Å². The summed E-state index contributed by atoms with van der Waals surface area (Å²) in [6, 6.07) is 4.60. The number of amides is 2. The van der Waals surface area contributed by atoms with Gasteiger partial charge in [0.2, 0.25) is 5.91 Å². The molecule has 25 heavy (non-hydrogen) atoms. The van der Waals surface area contributed by atoms with E-state index in [2.05, 4.69) is 4.98 Å². The third-order valence-corrected chi connectivity index (χ3v) is 5.40. The van der Waals surface area contributed by atoms with Gasteiger partial charge in [-0.3, -0.25) is 9.59 Å². The van der Waals surface area contributed by atoms with Crippen LogP contribution >= 0.6 is 0 Å². The van der Waals surface area contributed by atoms with Gasteiger partial charge in [-0.05, 0) is 43.0 Å². The second kappa shape index (κ2) is 5.31. The number of H-pyrrole nitrogens is 1. The van der Waals surface area contributed by atoms with E-state index in [0.717, 1.165) is 22.2 Å². The first-order valence-corrected chi connectivity index (χ1v) is 8.72. The number of piperazine rings is 1. The van der Waals surface area contributed by atoms with E-state index in [1.165, 1.54) is 12.1 Å². The van der Waals surface area contributed by atoms with Crippen LogP contribution in [0.3, 0.4) is 0 Å². The summed E-state index contributed by atoms with van der Waals surface area (Å²) in [7, 11) is 0. The van der Waals surface area contributed by atoms with Gasteiger partial charge >= 0.3 is 0 Å². The molecule has 132 valence electrons. The Hall–Kier alpha value is -2.37. The summed E-state index contributed by atoms with van der Waals surface area (Å²) in [5.74, 6) is -0.104. The number of hydrogen-bond donors (Lipinski definition) is 1. The normalized spacial score (nSPS) is 23.4. The smallest absolute Gasteiger partial charge is 0.254 e. The van der Waals surface area contributed by atoms with Crippen LogP contribution in [0.5, 0.6) is 0 Å². The molecule has 1 aromatic heterocycles. The van der Waals surface area contributed by atoms with E-state index < -0.39 is 5.54 Å². The lowest BCUT2D eigenvalue weighted by Crippen LogP contribution is -2.67. The van der Waals surface area contributed by atoms with Crippen LogP contribution in [0, 0.1) is 11.7 Å². The van der Waals surface area contributed by atoms with E-state index in [1.807, 2.05) is 20.8 Å². The van der Waals surface area contributed by atoms with Crippen LogP contribution in [0.25, 0.3) is 10.9 Å². The third kappa shape index (κ3) is 2.19. The maximum absolute atomic E-state index is 13.7. The van der Waals surface area contributed by atoms with Gasteiger partial charge in [-0.15, -0.1) is 0 Å². The maximum atomic E-state index is 13.7. The predicted octanol–water partition coefficient (Wildman–Crippen LogP) is 2.41. The molecule has 4 rings (SSSR count). The summed E-state index contributed by atoms with van der Waals surface area (Å²) < 4.78 is 13.7. The lowest BCUT2D eigenvalue weighted by Gasteiger charge is -2.49. The number of benzene rings is 1. The second-order valence-electron chi connectivity index (χ2n) is 7.62. The minimum absolute atomic E-state index is 0.0294. The highest BCUT2D eigenvalue weighted by Crippen LogP contribution is 2.42. The molecule has 3 heterocycles. The number of halogens is 1. The summed E-state index contributed by atoms with van der Waals surface area (Å²) in [6.45, 7) is 7.04. The molecule has 1 atom stereocenters. The first-order valence-electron chi connectivity index (χ1n) is 8.72. The van der Waals surface area contributed by atoms with E-state index in [-0.39, 0.29) is 30.1 Å². The maximum Gasteiger partial charge on any atom is 0.254 e. The highest BCUT2D eigenvalue weighted by Gasteiger charge is 2.54. The van der Waals surface area contributed by atoms with Crippen LogP contribution in [-0.2, 0) is 21.5 Å². The molecule has 0 saturated carbocycles. The SMILES string of the molecule is CC(C)CN1CC(=O)N2CCc3c([nH]c4ccc(F)cc34)[C@]2(C)C1=O. The van der Waals surface area contributed by atoms with Crippen molar-refractivity contribution in [3.05, 3.63) is 35.3 Å². The summed E-state index contributed by atoms with van der Waals surface area (Å²) in [5, 5.41) is 0.803. The van der Waals surface area contributed by atoms with Gasteiger partial charge in [0.25, 0.3) is 5.91 Å². The molecule has 1 N–H and O–H groups in total. The zero-order valence-electron chi connectivity index (χ0n) is 14.7. The molecular formula is C19H22FN3O2. The highest BCUT2D eigenvalue weighted by atomic mass is 19.1. The Morgan fingerprint density at radius 3 is 2.80 bits per heavy atom. The zero-order chi connectivity index (χ0) is 17.9. The number of nitrogens with one attached hydrogen (secondary N) is 1. The largest absolute Gasteiger partial charge is 0.356 e. The third-order valence-electron chi connectivity index (χ3n) is 5.40. The van der Waals surface area contributed by atoms with Gasteiger partial charge in [0.15, 0.2) is 5.54 Å². The summed E-state index contributed by atoms with van der Waals surface area (Å²) >= 11 is 0. The first kappa shape index (κ1) is 16.1. The molecule has 6 heteroatoms. The van der Waals surface area contributed by atoms with Crippen molar-refractivity contribution < 1.29 is 14.0 Å². The van der Waals surface area contributed by atoms with Crippen LogP contribution in [0.4, 0.5) is 4.39 Å². The Morgan fingerprint density at radius 1 is 1.32 bits per heavy atom. The van der Waals surface area contributed by atoms with Crippen LogP contribution in [0.15, 0.2) is 18.2 Å². The van der Waals surface area contributed by atoms with Crippen molar-refractivity contribution in [2.24, 2.45) is 5.92 Å². The lowest BCUT2D eigenvalue weighted by atomic mass is 9.83. The molecule has 0 aliphatic carbocycles. The molecule has 2 amide bonds. The number of aromatic amines is 1. The number of nitrogens with zero attached hydrogens (tertiary/aromatic N) is 2. The quantitative estimate of drug-likeness (QED) is 0.910. The molecular weight excluding hydrogens is 321 g/mol. The Labute approximate surface area is 145 Å². The van der Waals surface area contributed by atoms with Gasteiger partial charge in [-0.2, -0.15) is 0 Å². The Balaban J connectivity index is 1.89. The van der Waals surface area contributed by atoms with E-state index in [1.54, 1.807) is 15.9 Å². The standard InChI is InChI=1S/C19H22FN3O2/c1-11(2)9-22-10-16(24)23-7-6-13-14-8-12(20)4-5-15(14)21-17(13)19(23,3)18(22)25/h4-5,8,11,21H,6-7,9-10H2,1-3H3/t19-/m1/s1. The minimum atomic E-state index is -1.05. The van der Waals surface area contributed by atoms with Gasteiger partial charge < -0.3 is 14.8 Å². The monoisotopic (exact) mass is 343 g/mol. The molecule has 1 aromatic carbocycles. The molecule has 0 bridgehead atoms. The van der Waals surface area contributed by atoms with Gasteiger partial charge in [-0.25, -0.2) is 4.39 Å². The number of aromatic nitrogens is 1. The van der Waals surface area contributed by atoms with Crippen LogP contribution in [0.1, 0.15) is 32.0 Å². The molecule has 0 radical (unpaired) electrons. The molecule has 2 aliphatic heterocycles. The van der Waals surface area contributed by atoms with Crippen molar-refractivity contribution in [2.75, 3.05) is 19.6 Å². The molecule has 2 aliphatic rings. The van der Waals surface area contributed by atoms with Crippen LogP contribution in [0.2, 0.25) is 0 Å². The number of carbonyl (C=O) groups is 2. The van der Waals surface area contributed by atoms with Crippen molar-refractivity contribution in [3.8, 4) is 0 Å². The molecule has 1 saturated heterocycles. The second-order valence-corrected chi connectivity index (χ2v) is 7.62. The first-order chi connectivity index (χ1) is 11.8. The zero-order valence-corrected chi connectivity index (χ0v) is 14.7. The van der Waals surface area contributed by atoms with E-state index in [9.17, 15) is 14.0 Å². The topological polar surface area (TPSA) is 56.4 Å². The Morgan fingerprint density at radius 2 is 2.08 bits per heavy atom. The molecule has 1 fully saturated rings. The fraction of sp³-hybridized carbons (Fsp3) is 0.474. The van der Waals surface area contributed by atoms with E-state index in [4.69, 9.17) is 0 Å². The number of fused-ring (bicyclic) bond motifs is 5. The average Bonchev–Trinajstić information content (AvgIpc) is 2.91. The molecule has 2 aromatic rings. The van der Waals surface area contributed by atoms with Crippen molar-refractivity contribution >= 4 is 22.7 Å². The Kier molecular flexibility index (Phi) is 3.42. The number of hydrogen-bond acceptors (Lipinski definition) is 2. The number of rotatable bonds is 2. The van der Waals surface area contributed by atoms with Crippen LogP contribution < -0.4 is 0 Å². The number of carbonyl (C=O) groups excluding carboxylic acids is 2. The lowest BCUT2D eigenvalue weighted by molar-refractivity contribution is -0.166. The van der Waals surface area contributed by atoms with Gasteiger partial charge in [0, 0.05) is 24.0 Å². The predicted molar refractivity (Wildman–Crippen MR) is 92.4 cm³/mol. The Bertz CT molecular complexity index is 888. The minimum Gasteiger partial charge on any atom is -0.356 e. The summed E-state index contributed by atoms with van der Waals surface area (Å²) in [5.41, 5.74) is 1.43. The van der Waals surface area contributed by atoms with Gasteiger partial charge in [0.1, 0.15) is 5.82 Å². The van der Waals surface area contributed by atoms with Crippen molar-refractivity contribution in [2.45, 2.75) is 32.7 Å². The average molecular weight is 343 g/mol. The highest BCUT2D eigenvalue weighted by molar-refractivity contribution is 6.00. The summed E-state index contributed by atoms with van der Waals surface area (Å²) in [6.07, 6.45) is 0.623. The van der Waals surface area contributed by atoms with E-state index in [0.29, 0.717) is 19.5 Å². The molecule has 0 spiro atoms. The molecule has 0 unspecified atom stereocenters. The van der Waals surface area contributed by atoms with Crippen LogP contribution in [-0.4, -0.2) is 46.2 Å². The fourth-order valence-corrected chi connectivity index (χ4v) is 4.29.